The molecule has 6 heteroatoms. The molecule has 1 aromatic heterocycles. The fraction of sp³-hybridized carbons (Fsp3) is 0.300. The molecule has 0 atom stereocenters. The summed E-state index contributed by atoms with van der Waals surface area (Å²) in [6.45, 7) is 4.29. The van der Waals surface area contributed by atoms with E-state index in [2.05, 4.69) is 13.8 Å². The standard InChI is InChI=1S/C20H21ClN2O2S/c1-3-14-8-7-9-15(4-2)19(14)23(18(24)12-21)13-22-16-10-5-6-11-17(16)26-20(22)25/h5-11H,3-4,12-13H2,1-2H3. The molecule has 26 heavy (non-hydrogen) atoms. The molecule has 2 aromatic carbocycles. The van der Waals surface area contributed by atoms with Crippen LogP contribution in [0, 0.1) is 0 Å². The van der Waals surface area contributed by atoms with Crippen molar-refractivity contribution in [2.75, 3.05) is 10.8 Å². The van der Waals surface area contributed by atoms with Crippen LogP contribution in [0.2, 0.25) is 0 Å². The third-order valence-corrected chi connectivity index (χ3v) is 5.70. The zero-order valence-electron chi connectivity index (χ0n) is 14.9. The Kier molecular flexibility index (Phi) is 5.79. The molecule has 0 spiro atoms. The van der Waals surface area contributed by atoms with Crippen LogP contribution in [0.4, 0.5) is 5.69 Å². The van der Waals surface area contributed by atoms with Gasteiger partial charge in [0.2, 0.25) is 5.91 Å². The van der Waals surface area contributed by atoms with Crippen molar-refractivity contribution in [2.45, 2.75) is 33.4 Å². The van der Waals surface area contributed by atoms with Crippen LogP contribution in [0.25, 0.3) is 10.2 Å². The number of amides is 1. The summed E-state index contributed by atoms with van der Waals surface area (Å²) in [5.74, 6) is -0.331. The van der Waals surface area contributed by atoms with Crippen LogP contribution in [0.15, 0.2) is 47.3 Å². The van der Waals surface area contributed by atoms with E-state index in [4.69, 9.17) is 11.6 Å². The number of rotatable bonds is 6. The van der Waals surface area contributed by atoms with Crippen molar-refractivity contribution in [1.82, 2.24) is 4.57 Å². The van der Waals surface area contributed by atoms with Gasteiger partial charge in [-0.05, 0) is 36.1 Å². The molecule has 0 saturated heterocycles. The third-order valence-electron chi connectivity index (χ3n) is 4.51. The Bertz CT molecular complexity index is 971. The average Bonchev–Trinajstić information content (AvgIpc) is 2.99. The van der Waals surface area contributed by atoms with Crippen LogP contribution in [0.3, 0.4) is 0 Å². The van der Waals surface area contributed by atoms with E-state index in [1.807, 2.05) is 42.5 Å². The number of carbonyl (C=O) groups is 1. The second kappa shape index (κ2) is 8.06. The predicted molar refractivity (Wildman–Crippen MR) is 109 cm³/mol. The number of hydrogen-bond acceptors (Lipinski definition) is 3. The second-order valence-electron chi connectivity index (χ2n) is 5.99. The van der Waals surface area contributed by atoms with E-state index in [-0.39, 0.29) is 23.3 Å². The number of hydrogen-bond donors (Lipinski definition) is 0. The number of aryl methyl sites for hydroxylation is 2. The minimum absolute atomic E-state index is 0.0781. The molecule has 0 saturated carbocycles. The lowest BCUT2D eigenvalue weighted by Gasteiger charge is -2.27. The highest BCUT2D eigenvalue weighted by Gasteiger charge is 2.22. The molecule has 136 valence electrons. The van der Waals surface area contributed by atoms with Crippen LogP contribution in [0.1, 0.15) is 25.0 Å². The Labute approximate surface area is 161 Å². The number of nitrogens with zero attached hydrogens (tertiary/aromatic N) is 2. The number of benzene rings is 2. The van der Waals surface area contributed by atoms with Gasteiger partial charge in [0.05, 0.1) is 15.9 Å². The number of fused-ring (bicyclic) bond motifs is 1. The fourth-order valence-corrected chi connectivity index (χ4v) is 4.23. The van der Waals surface area contributed by atoms with Gasteiger partial charge in [-0.2, -0.15) is 0 Å². The van der Waals surface area contributed by atoms with Crippen molar-refractivity contribution in [3.8, 4) is 0 Å². The minimum Gasteiger partial charge on any atom is -0.292 e. The number of anilines is 1. The van der Waals surface area contributed by atoms with Gasteiger partial charge in [0, 0.05) is 0 Å². The van der Waals surface area contributed by atoms with Gasteiger partial charge >= 0.3 is 4.87 Å². The number of alkyl halides is 1. The van der Waals surface area contributed by atoms with Gasteiger partial charge in [0.25, 0.3) is 0 Å². The normalized spacial score (nSPS) is 11.0. The summed E-state index contributed by atoms with van der Waals surface area (Å²) in [6, 6.07) is 13.7. The van der Waals surface area contributed by atoms with E-state index in [1.165, 1.54) is 11.3 Å². The fourth-order valence-electron chi connectivity index (χ4n) is 3.20. The van der Waals surface area contributed by atoms with Crippen LogP contribution >= 0.6 is 22.9 Å². The first-order valence-corrected chi connectivity index (χ1v) is 10.0. The van der Waals surface area contributed by atoms with E-state index >= 15 is 0 Å². The van der Waals surface area contributed by atoms with E-state index in [9.17, 15) is 9.59 Å². The Balaban J connectivity index is 2.15. The van der Waals surface area contributed by atoms with Crippen molar-refractivity contribution < 1.29 is 4.79 Å². The van der Waals surface area contributed by atoms with Gasteiger partial charge in [-0.25, -0.2) is 0 Å². The number of halogens is 1. The van der Waals surface area contributed by atoms with E-state index in [0.717, 1.165) is 39.9 Å². The first kappa shape index (κ1) is 18.7. The quantitative estimate of drug-likeness (QED) is 0.586. The van der Waals surface area contributed by atoms with Crippen LogP contribution in [0.5, 0.6) is 0 Å². The summed E-state index contributed by atoms with van der Waals surface area (Å²) in [6.07, 6.45) is 1.60. The monoisotopic (exact) mass is 388 g/mol. The number of thiazole rings is 1. The molecule has 0 fully saturated rings. The van der Waals surface area contributed by atoms with Crippen molar-refractivity contribution in [3.63, 3.8) is 0 Å². The molecule has 0 bridgehead atoms. The molecular formula is C20H21ClN2O2S. The minimum atomic E-state index is -0.204. The highest BCUT2D eigenvalue weighted by atomic mass is 35.5. The van der Waals surface area contributed by atoms with E-state index in [0.29, 0.717) is 0 Å². The van der Waals surface area contributed by atoms with Gasteiger partial charge in [0.15, 0.2) is 0 Å². The molecule has 0 radical (unpaired) electrons. The Morgan fingerprint density at radius 3 is 2.35 bits per heavy atom. The van der Waals surface area contributed by atoms with Gasteiger partial charge in [-0.1, -0.05) is 55.5 Å². The van der Waals surface area contributed by atoms with Crippen molar-refractivity contribution >= 4 is 44.7 Å². The SMILES string of the molecule is CCc1cccc(CC)c1N(Cn1c(=O)sc2ccccc21)C(=O)CCl. The van der Waals surface area contributed by atoms with Crippen LogP contribution in [-0.2, 0) is 24.3 Å². The summed E-state index contributed by atoms with van der Waals surface area (Å²) in [5, 5.41) is 0. The maximum absolute atomic E-state index is 12.7. The van der Waals surface area contributed by atoms with Gasteiger partial charge in [-0.3, -0.25) is 19.1 Å². The number of aromatic nitrogens is 1. The molecule has 4 nitrogen and oxygen atoms in total. The zero-order valence-corrected chi connectivity index (χ0v) is 16.4. The molecule has 0 aliphatic heterocycles. The van der Waals surface area contributed by atoms with Crippen LogP contribution < -0.4 is 9.77 Å². The predicted octanol–water partition coefficient (Wildman–Crippen LogP) is 4.42. The lowest BCUT2D eigenvalue weighted by Crippen LogP contribution is -2.37. The smallest absolute Gasteiger partial charge is 0.292 e. The Morgan fingerprint density at radius 2 is 1.73 bits per heavy atom. The lowest BCUT2D eigenvalue weighted by molar-refractivity contribution is -0.116. The second-order valence-corrected chi connectivity index (χ2v) is 7.25. The van der Waals surface area contributed by atoms with Crippen molar-refractivity contribution in [3.05, 3.63) is 63.3 Å². The molecular weight excluding hydrogens is 368 g/mol. The highest BCUT2D eigenvalue weighted by Crippen LogP contribution is 2.29. The Morgan fingerprint density at radius 1 is 1.08 bits per heavy atom. The molecule has 0 unspecified atom stereocenters. The Hall–Kier alpha value is -2.11. The molecule has 1 heterocycles. The first-order valence-electron chi connectivity index (χ1n) is 8.66. The molecule has 0 aliphatic rings. The molecule has 0 aliphatic carbocycles. The highest BCUT2D eigenvalue weighted by molar-refractivity contribution is 7.16. The third kappa shape index (κ3) is 3.41. The topological polar surface area (TPSA) is 42.3 Å². The summed E-state index contributed by atoms with van der Waals surface area (Å²) in [5.41, 5.74) is 3.87. The molecule has 3 rings (SSSR count). The van der Waals surface area contributed by atoms with Crippen molar-refractivity contribution in [1.29, 1.82) is 0 Å². The zero-order chi connectivity index (χ0) is 18.7. The van der Waals surface area contributed by atoms with E-state index in [1.54, 1.807) is 9.47 Å². The largest absolute Gasteiger partial charge is 0.309 e. The van der Waals surface area contributed by atoms with Crippen molar-refractivity contribution in [2.24, 2.45) is 0 Å². The maximum atomic E-state index is 12.7. The van der Waals surface area contributed by atoms with Crippen LogP contribution in [-0.4, -0.2) is 16.4 Å². The number of carbonyl (C=O) groups excluding carboxylic acids is 1. The van der Waals surface area contributed by atoms with E-state index < -0.39 is 0 Å². The summed E-state index contributed by atoms with van der Waals surface area (Å²) >= 11 is 7.10. The summed E-state index contributed by atoms with van der Waals surface area (Å²) in [7, 11) is 0. The number of para-hydroxylation sites is 2. The molecule has 1 amide bonds. The molecule has 3 aromatic rings. The van der Waals surface area contributed by atoms with Gasteiger partial charge in [0.1, 0.15) is 12.5 Å². The summed E-state index contributed by atoms with van der Waals surface area (Å²) in [4.78, 5) is 26.8. The first-order chi connectivity index (χ1) is 12.6. The van der Waals surface area contributed by atoms with Gasteiger partial charge < -0.3 is 0 Å². The summed E-state index contributed by atoms with van der Waals surface area (Å²) < 4.78 is 2.56. The lowest BCUT2D eigenvalue weighted by atomic mass is 10.0. The maximum Gasteiger partial charge on any atom is 0.309 e. The van der Waals surface area contributed by atoms with Gasteiger partial charge in [-0.15, -0.1) is 11.6 Å². The molecule has 0 N–H and O–H groups in total. The average molecular weight is 389 g/mol.